The molecule has 1 aliphatic rings. The maximum Gasteiger partial charge on any atom is 0.306 e. The number of hydrogen-bond acceptors (Lipinski definition) is 3. The number of carboxylic acid groups (broad SMARTS) is 1. The molecule has 1 saturated carbocycles. The van der Waals surface area contributed by atoms with Crippen molar-refractivity contribution in [2.45, 2.75) is 84.7 Å². The average Bonchev–Trinajstić information content (AvgIpc) is 3.28. The molecule has 0 bridgehead atoms. The van der Waals surface area contributed by atoms with E-state index in [1.165, 1.54) is 10.4 Å². The Balaban J connectivity index is 1.88. The van der Waals surface area contributed by atoms with E-state index in [1.807, 2.05) is 12.1 Å². The highest BCUT2D eigenvalue weighted by atomic mass is 28.4. The van der Waals surface area contributed by atoms with Crippen molar-refractivity contribution in [1.29, 1.82) is 0 Å². The van der Waals surface area contributed by atoms with E-state index in [4.69, 9.17) is 4.43 Å². The van der Waals surface area contributed by atoms with Crippen LogP contribution < -0.4 is 15.7 Å². The Morgan fingerprint density at radius 2 is 1.53 bits per heavy atom. The Labute approximate surface area is 230 Å². The van der Waals surface area contributed by atoms with Crippen molar-refractivity contribution in [3.05, 3.63) is 60.7 Å². The van der Waals surface area contributed by atoms with Gasteiger partial charge >= 0.3 is 5.97 Å². The second-order valence-corrected chi connectivity index (χ2v) is 16.5. The van der Waals surface area contributed by atoms with Gasteiger partial charge in [-0.2, -0.15) is 0 Å². The Bertz CT molecular complexity index is 997. The molecule has 0 aliphatic heterocycles. The van der Waals surface area contributed by atoms with Gasteiger partial charge in [-0.05, 0) is 65.8 Å². The van der Waals surface area contributed by atoms with Crippen LogP contribution in [0.4, 0.5) is 0 Å². The number of carboxylic acids is 1. The van der Waals surface area contributed by atoms with Crippen molar-refractivity contribution in [1.82, 2.24) is 5.32 Å². The van der Waals surface area contributed by atoms with Crippen molar-refractivity contribution in [3.8, 4) is 0 Å². The first kappa shape index (κ1) is 30.1. The molecule has 0 radical (unpaired) electrons. The molecule has 2 N–H and O–H groups in total. The van der Waals surface area contributed by atoms with Crippen molar-refractivity contribution < 1.29 is 19.1 Å². The van der Waals surface area contributed by atoms with E-state index in [9.17, 15) is 14.7 Å². The fourth-order valence-corrected chi connectivity index (χ4v) is 11.3. The molecule has 1 amide bonds. The number of rotatable bonds is 12. The molecule has 5 nitrogen and oxygen atoms in total. The van der Waals surface area contributed by atoms with Gasteiger partial charge in [0.1, 0.15) is 0 Å². The zero-order valence-corrected chi connectivity index (χ0v) is 25.1. The van der Waals surface area contributed by atoms with E-state index in [-0.39, 0.29) is 28.8 Å². The molecule has 1 aliphatic carbocycles. The minimum absolute atomic E-state index is 0.000614. The van der Waals surface area contributed by atoms with Crippen LogP contribution in [0.1, 0.15) is 73.6 Å². The largest absolute Gasteiger partial charge is 0.481 e. The first-order valence-corrected chi connectivity index (χ1v) is 16.1. The fraction of sp³-hybridized carbons (Fsp3) is 0.562. The van der Waals surface area contributed by atoms with Gasteiger partial charge in [0.25, 0.3) is 8.32 Å². The standard InChI is InChI=1S/C32H47NO4Si/c1-7-25(23(2)33-24(3)34)18-19-26-20-27(31(35)36)21-28(26)22-37-38(32(4,5)6,29-14-10-8-11-15-29)30-16-12-9-13-17-30/h8-17,23,25-28H,7,18-22H2,1-6H3,(H,33,34)(H,35,36)/t23-,25?,26+,27+,28-/m0/s1. The van der Waals surface area contributed by atoms with Crippen molar-refractivity contribution in [2.75, 3.05) is 6.61 Å². The predicted octanol–water partition coefficient (Wildman–Crippen LogP) is 5.62. The van der Waals surface area contributed by atoms with E-state index in [0.29, 0.717) is 31.3 Å². The normalized spacial score (nSPS) is 21.6. The summed E-state index contributed by atoms with van der Waals surface area (Å²) in [5.74, 6) is -0.137. The van der Waals surface area contributed by atoms with Gasteiger partial charge < -0.3 is 14.8 Å². The molecule has 0 aromatic heterocycles. The van der Waals surface area contributed by atoms with E-state index in [2.05, 4.69) is 88.5 Å². The number of amides is 1. The lowest BCUT2D eigenvalue weighted by Gasteiger charge is -2.44. The van der Waals surface area contributed by atoms with Gasteiger partial charge in [-0.25, -0.2) is 0 Å². The minimum Gasteiger partial charge on any atom is -0.481 e. The molecule has 2 aromatic rings. The highest BCUT2D eigenvalue weighted by Crippen LogP contribution is 2.43. The first-order chi connectivity index (χ1) is 18.0. The van der Waals surface area contributed by atoms with Crippen LogP contribution in [-0.4, -0.2) is 37.9 Å². The molecule has 3 rings (SSSR count). The summed E-state index contributed by atoms with van der Waals surface area (Å²) >= 11 is 0. The summed E-state index contributed by atoms with van der Waals surface area (Å²) in [6.45, 7) is 13.2. The summed E-state index contributed by atoms with van der Waals surface area (Å²) in [7, 11) is -2.68. The van der Waals surface area contributed by atoms with Gasteiger partial charge in [0.2, 0.25) is 5.91 Å². The third-order valence-electron chi connectivity index (χ3n) is 8.69. The summed E-state index contributed by atoms with van der Waals surface area (Å²) in [4.78, 5) is 23.7. The molecular formula is C32H47NO4Si. The number of nitrogens with one attached hydrogen (secondary N) is 1. The van der Waals surface area contributed by atoms with Crippen LogP contribution >= 0.6 is 0 Å². The maximum atomic E-state index is 12.0. The zero-order chi connectivity index (χ0) is 27.9. The van der Waals surface area contributed by atoms with E-state index >= 15 is 0 Å². The Hall–Kier alpha value is -2.44. The van der Waals surface area contributed by atoms with Crippen LogP contribution in [0.15, 0.2) is 60.7 Å². The summed E-state index contributed by atoms with van der Waals surface area (Å²) in [5, 5.41) is 15.3. The average molecular weight is 538 g/mol. The van der Waals surface area contributed by atoms with E-state index in [1.54, 1.807) is 6.92 Å². The monoisotopic (exact) mass is 537 g/mol. The van der Waals surface area contributed by atoms with E-state index in [0.717, 1.165) is 19.3 Å². The smallest absolute Gasteiger partial charge is 0.306 e. The van der Waals surface area contributed by atoms with Crippen LogP contribution in [-0.2, 0) is 14.0 Å². The van der Waals surface area contributed by atoms with Crippen molar-refractivity contribution in [3.63, 3.8) is 0 Å². The number of carbonyl (C=O) groups excluding carboxylic acids is 1. The Morgan fingerprint density at radius 3 is 1.97 bits per heavy atom. The molecule has 6 heteroatoms. The van der Waals surface area contributed by atoms with Crippen LogP contribution in [0, 0.1) is 23.7 Å². The van der Waals surface area contributed by atoms with Gasteiger partial charge in [0.15, 0.2) is 0 Å². The highest BCUT2D eigenvalue weighted by Gasteiger charge is 2.51. The second-order valence-electron chi connectivity index (χ2n) is 12.2. The van der Waals surface area contributed by atoms with Crippen LogP contribution in [0.2, 0.25) is 5.04 Å². The lowest BCUT2D eigenvalue weighted by Crippen LogP contribution is -2.67. The Morgan fingerprint density at radius 1 is 1.00 bits per heavy atom. The van der Waals surface area contributed by atoms with Crippen molar-refractivity contribution in [2.24, 2.45) is 23.7 Å². The number of hydrogen-bond donors (Lipinski definition) is 2. The summed E-state index contributed by atoms with van der Waals surface area (Å²) < 4.78 is 7.23. The Kier molecular flexibility index (Phi) is 10.4. The number of benzene rings is 2. The summed E-state index contributed by atoms with van der Waals surface area (Å²) in [6, 6.07) is 21.4. The zero-order valence-electron chi connectivity index (χ0n) is 24.1. The minimum atomic E-state index is -2.68. The van der Waals surface area contributed by atoms with Crippen molar-refractivity contribution >= 4 is 30.6 Å². The van der Waals surface area contributed by atoms with Gasteiger partial charge in [0.05, 0.1) is 5.92 Å². The third kappa shape index (κ3) is 6.95. The number of carbonyl (C=O) groups is 2. The molecular weight excluding hydrogens is 490 g/mol. The highest BCUT2D eigenvalue weighted by molar-refractivity contribution is 6.99. The van der Waals surface area contributed by atoms with Gasteiger partial charge in [-0.15, -0.1) is 0 Å². The fourth-order valence-electron chi connectivity index (χ4n) is 6.64. The van der Waals surface area contributed by atoms with Crippen LogP contribution in [0.3, 0.4) is 0 Å². The van der Waals surface area contributed by atoms with Gasteiger partial charge in [0, 0.05) is 19.6 Å². The second kappa shape index (κ2) is 13.1. The molecule has 208 valence electrons. The molecule has 0 saturated heterocycles. The quantitative estimate of drug-likeness (QED) is 0.345. The summed E-state index contributed by atoms with van der Waals surface area (Å²) in [5.41, 5.74) is 0. The maximum absolute atomic E-state index is 12.0. The first-order valence-electron chi connectivity index (χ1n) is 14.2. The molecule has 38 heavy (non-hydrogen) atoms. The van der Waals surface area contributed by atoms with Gasteiger partial charge in [-0.3, -0.25) is 9.59 Å². The molecule has 2 aromatic carbocycles. The van der Waals surface area contributed by atoms with Crippen LogP contribution in [0.25, 0.3) is 0 Å². The summed E-state index contributed by atoms with van der Waals surface area (Å²) in [6.07, 6.45) is 4.29. The van der Waals surface area contributed by atoms with E-state index < -0.39 is 14.3 Å². The lowest BCUT2D eigenvalue weighted by atomic mass is 9.85. The lowest BCUT2D eigenvalue weighted by molar-refractivity contribution is -0.141. The number of aliphatic carboxylic acids is 1. The van der Waals surface area contributed by atoms with Gasteiger partial charge in [-0.1, -0.05) is 94.8 Å². The molecule has 1 fully saturated rings. The molecule has 0 spiro atoms. The predicted molar refractivity (Wildman–Crippen MR) is 157 cm³/mol. The topological polar surface area (TPSA) is 75.6 Å². The molecule has 0 heterocycles. The molecule has 5 atom stereocenters. The van der Waals surface area contributed by atoms with Crippen LogP contribution in [0.5, 0.6) is 0 Å². The molecule has 1 unspecified atom stereocenters. The SMILES string of the molecule is CCC(CC[C@@H]1C[C@@H](C(=O)O)C[C@H]1CO[Si](c1ccccc1)(c1ccccc1)C(C)(C)C)[C@H](C)NC(C)=O. The third-order valence-corrected chi connectivity index (χ3v) is 13.7.